The van der Waals surface area contributed by atoms with Gasteiger partial charge >= 0.3 is 7.60 Å². The third-order valence-corrected chi connectivity index (χ3v) is 5.09. The Kier molecular flexibility index (Phi) is 5.18. The Morgan fingerprint density at radius 3 is 2.19 bits per heavy atom. The number of hydrogen-bond acceptors (Lipinski definition) is 4. The molecule has 0 aliphatic heterocycles. The van der Waals surface area contributed by atoms with E-state index in [2.05, 4.69) is 0 Å². The SMILES string of the molecule is CCOP(=O)(OCC)c1ccc(O)c(-c2ccccc2)c1. The van der Waals surface area contributed by atoms with Crippen LogP contribution in [0, 0.1) is 0 Å². The Balaban J connectivity index is 2.49. The average Bonchev–Trinajstić information content (AvgIpc) is 2.49. The van der Waals surface area contributed by atoms with Gasteiger partial charge in [0.05, 0.1) is 18.5 Å². The molecule has 0 aromatic heterocycles. The van der Waals surface area contributed by atoms with Crippen LogP contribution in [-0.2, 0) is 13.6 Å². The normalized spacial score (nSPS) is 11.5. The molecular weight excluding hydrogens is 287 g/mol. The summed E-state index contributed by atoms with van der Waals surface area (Å²) >= 11 is 0. The van der Waals surface area contributed by atoms with E-state index in [0.29, 0.717) is 24.1 Å². The van der Waals surface area contributed by atoms with Crippen molar-refractivity contribution in [2.45, 2.75) is 13.8 Å². The molecule has 2 aromatic rings. The zero-order valence-electron chi connectivity index (χ0n) is 12.2. The smallest absolute Gasteiger partial charge is 0.361 e. The first-order chi connectivity index (χ1) is 10.1. The number of phenols is 1. The predicted molar refractivity (Wildman–Crippen MR) is 84.0 cm³/mol. The van der Waals surface area contributed by atoms with Gasteiger partial charge in [-0.15, -0.1) is 0 Å². The highest BCUT2D eigenvalue weighted by molar-refractivity contribution is 7.62. The summed E-state index contributed by atoms with van der Waals surface area (Å²) in [6, 6.07) is 14.2. The van der Waals surface area contributed by atoms with E-state index in [1.807, 2.05) is 30.3 Å². The van der Waals surface area contributed by atoms with Crippen LogP contribution in [0.15, 0.2) is 48.5 Å². The Morgan fingerprint density at radius 2 is 1.62 bits per heavy atom. The minimum atomic E-state index is -3.35. The number of aromatic hydroxyl groups is 1. The van der Waals surface area contributed by atoms with Crippen molar-refractivity contribution in [1.82, 2.24) is 0 Å². The second kappa shape index (κ2) is 6.90. The maximum atomic E-state index is 12.8. The van der Waals surface area contributed by atoms with Gasteiger partial charge in [0.15, 0.2) is 0 Å². The van der Waals surface area contributed by atoms with Crippen molar-refractivity contribution in [2.75, 3.05) is 13.2 Å². The molecule has 0 unspecified atom stereocenters. The highest BCUT2D eigenvalue weighted by atomic mass is 31.2. The topological polar surface area (TPSA) is 55.8 Å². The molecule has 0 spiro atoms. The summed E-state index contributed by atoms with van der Waals surface area (Å²) in [5.74, 6) is 0.129. The van der Waals surface area contributed by atoms with Crippen LogP contribution in [0.25, 0.3) is 11.1 Å². The molecule has 0 heterocycles. The van der Waals surface area contributed by atoms with Crippen LogP contribution in [-0.4, -0.2) is 18.3 Å². The summed E-state index contributed by atoms with van der Waals surface area (Å²) in [6.45, 7) is 4.12. The van der Waals surface area contributed by atoms with E-state index in [-0.39, 0.29) is 5.75 Å². The van der Waals surface area contributed by atoms with Crippen LogP contribution < -0.4 is 5.30 Å². The fraction of sp³-hybridized carbons (Fsp3) is 0.250. The molecule has 2 rings (SSSR count). The number of benzene rings is 2. The molecule has 0 saturated carbocycles. The first-order valence-corrected chi connectivity index (χ1v) is 8.43. The van der Waals surface area contributed by atoms with Crippen LogP contribution in [0.2, 0.25) is 0 Å². The zero-order valence-corrected chi connectivity index (χ0v) is 13.0. The van der Waals surface area contributed by atoms with Gasteiger partial charge in [0, 0.05) is 5.56 Å². The van der Waals surface area contributed by atoms with Crippen molar-refractivity contribution in [1.29, 1.82) is 0 Å². The van der Waals surface area contributed by atoms with E-state index in [0.717, 1.165) is 5.56 Å². The van der Waals surface area contributed by atoms with Gasteiger partial charge in [0.2, 0.25) is 0 Å². The third kappa shape index (κ3) is 3.53. The second-order valence-electron chi connectivity index (χ2n) is 4.40. The molecule has 0 aliphatic carbocycles. The van der Waals surface area contributed by atoms with Crippen LogP contribution in [0.3, 0.4) is 0 Å². The molecule has 0 saturated heterocycles. The maximum absolute atomic E-state index is 12.8. The molecule has 21 heavy (non-hydrogen) atoms. The lowest BCUT2D eigenvalue weighted by Gasteiger charge is -2.18. The molecule has 5 heteroatoms. The molecule has 1 N–H and O–H groups in total. The predicted octanol–water partition coefficient (Wildman–Crippen LogP) is 3.95. The lowest BCUT2D eigenvalue weighted by Crippen LogP contribution is -2.10. The van der Waals surface area contributed by atoms with Crippen molar-refractivity contribution in [3.8, 4) is 16.9 Å². The van der Waals surface area contributed by atoms with Crippen molar-refractivity contribution < 1.29 is 18.7 Å². The molecule has 2 aromatic carbocycles. The standard InChI is InChI=1S/C16H19O4P/c1-3-19-21(18,20-4-2)14-10-11-16(17)15(12-14)13-8-6-5-7-9-13/h5-12,17H,3-4H2,1-2H3. The molecule has 0 bridgehead atoms. The largest absolute Gasteiger partial charge is 0.507 e. The minimum Gasteiger partial charge on any atom is -0.507 e. The van der Waals surface area contributed by atoms with Gasteiger partial charge in [0.1, 0.15) is 5.75 Å². The summed E-state index contributed by atoms with van der Waals surface area (Å²) in [4.78, 5) is 0. The number of rotatable bonds is 6. The number of phenolic OH excluding ortho intramolecular Hbond substituents is 1. The van der Waals surface area contributed by atoms with Gasteiger partial charge < -0.3 is 14.2 Å². The fourth-order valence-electron chi connectivity index (χ4n) is 2.07. The highest BCUT2D eigenvalue weighted by Gasteiger charge is 2.27. The number of hydrogen-bond donors (Lipinski definition) is 1. The molecule has 0 radical (unpaired) electrons. The minimum absolute atomic E-state index is 0.129. The Hall–Kier alpha value is -1.61. The fourth-order valence-corrected chi connectivity index (χ4v) is 3.67. The summed E-state index contributed by atoms with van der Waals surface area (Å²) in [7, 11) is -3.35. The molecule has 0 fully saturated rings. The monoisotopic (exact) mass is 306 g/mol. The molecule has 0 aliphatic rings. The van der Waals surface area contributed by atoms with E-state index < -0.39 is 7.60 Å². The summed E-state index contributed by atoms with van der Waals surface area (Å²) in [6.07, 6.45) is 0. The quantitative estimate of drug-likeness (QED) is 0.821. The van der Waals surface area contributed by atoms with E-state index >= 15 is 0 Å². The first kappa shape index (κ1) is 15.8. The van der Waals surface area contributed by atoms with E-state index in [1.165, 1.54) is 6.07 Å². The maximum Gasteiger partial charge on any atom is 0.361 e. The lowest BCUT2D eigenvalue weighted by atomic mass is 10.1. The van der Waals surface area contributed by atoms with Crippen molar-refractivity contribution in [2.24, 2.45) is 0 Å². The average molecular weight is 306 g/mol. The Bertz CT molecular complexity index is 630. The van der Waals surface area contributed by atoms with Gasteiger partial charge in [0.25, 0.3) is 0 Å². The third-order valence-electron chi connectivity index (χ3n) is 2.98. The summed E-state index contributed by atoms with van der Waals surface area (Å²) in [5, 5.41) is 10.5. The molecule has 0 amide bonds. The molecule has 4 nitrogen and oxygen atoms in total. The molecule has 0 atom stereocenters. The van der Waals surface area contributed by atoms with Crippen molar-refractivity contribution in [3.05, 3.63) is 48.5 Å². The van der Waals surface area contributed by atoms with Crippen LogP contribution in [0.4, 0.5) is 0 Å². The van der Waals surface area contributed by atoms with Gasteiger partial charge in [-0.3, -0.25) is 4.57 Å². The van der Waals surface area contributed by atoms with E-state index in [4.69, 9.17) is 9.05 Å². The van der Waals surface area contributed by atoms with Crippen molar-refractivity contribution in [3.63, 3.8) is 0 Å². The van der Waals surface area contributed by atoms with E-state index in [1.54, 1.807) is 26.0 Å². The Labute approximate surface area is 124 Å². The molecular formula is C16H19O4P. The van der Waals surface area contributed by atoms with Gasteiger partial charge in [-0.2, -0.15) is 0 Å². The summed E-state index contributed by atoms with van der Waals surface area (Å²) < 4.78 is 23.5. The lowest BCUT2D eigenvalue weighted by molar-refractivity contribution is 0.230. The van der Waals surface area contributed by atoms with Gasteiger partial charge in [-0.05, 0) is 37.6 Å². The van der Waals surface area contributed by atoms with Gasteiger partial charge in [-0.1, -0.05) is 30.3 Å². The second-order valence-corrected chi connectivity index (χ2v) is 6.43. The Morgan fingerprint density at radius 1 is 1.00 bits per heavy atom. The zero-order chi connectivity index (χ0) is 15.3. The van der Waals surface area contributed by atoms with E-state index in [9.17, 15) is 9.67 Å². The highest BCUT2D eigenvalue weighted by Crippen LogP contribution is 2.48. The van der Waals surface area contributed by atoms with Crippen LogP contribution >= 0.6 is 7.60 Å². The summed E-state index contributed by atoms with van der Waals surface area (Å²) in [5.41, 5.74) is 1.45. The first-order valence-electron chi connectivity index (χ1n) is 6.89. The molecule has 112 valence electrons. The van der Waals surface area contributed by atoms with Crippen LogP contribution in [0.5, 0.6) is 5.75 Å². The van der Waals surface area contributed by atoms with Crippen LogP contribution in [0.1, 0.15) is 13.8 Å². The van der Waals surface area contributed by atoms with Gasteiger partial charge in [-0.25, -0.2) is 0 Å². The van der Waals surface area contributed by atoms with Crippen molar-refractivity contribution >= 4 is 12.9 Å².